The topological polar surface area (TPSA) is 20.2 Å². The minimum Gasteiger partial charge on any atom is -0.389 e. The summed E-state index contributed by atoms with van der Waals surface area (Å²) in [6.07, 6.45) is 12.6. The Morgan fingerprint density at radius 1 is 1.10 bits per heavy atom. The van der Waals surface area contributed by atoms with Crippen molar-refractivity contribution in [2.75, 3.05) is 0 Å². The molecule has 0 radical (unpaired) electrons. The summed E-state index contributed by atoms with van der Waals surface area (Å²) in [6, 6.07) is 0. The van der Waals surface area contributed by atoms with Crippen molar-refractivity contribution < 1.29 is 5.11 Å². The smallest absolute Gasteiger partial charge is 0.0784 e. The van der Waals surface area contributed by atoms with Crippen LogP contribution in [0, 0.1) is 23.7 Å². The largest absolute Gasteiger partial charge is 0.389 e. The lowest BCUT2D eigenvalue weighted by Gasteiger charge is -2.30. The summed E-state index contributed by atoms with van der Waals surface area (Å²) in [6.45, 7) is 6.76. The normalized spacial score (nSPS) is 20.2. The highest BCUT2D eigenvalue weighted by molar-refractivity contribution is 5.11. The van der Waals surface area contributed by atoms with Crippen LogP contribution in [0.4, 0.5) is 0 Å². The molecular weight excluding hydrogens is 244 g/mol. The Morgan fingerprint density at radius 3 is 2.40 bits per heavy atom. The molecule has 1 aliphatic carbocycles. The Kier molecular flexibility index (Phi) is 8.31. The SMILES string of the molecule is CCCCCCC#CC(CC(C)CC)C1(O)CCCC1. The van der Waals surface area contributed by atoms with Gasteiger partial charge in [0.05, 0.1) is 5.60 Å². The van der Waals surface area contributed by atoms with Crippen LogP contribution in [0.25, 0.3) is 0 Å². The molecule has 0 heterocycles. The molecule has 1 saturated carbocycles. The molecule has 0 amide bonds. The van der Waals surface area contributed by atoms with Crippen LogP contribution in [0.2, 0.25) is 0 Å². The van der Waals surface area contributed by atoms with E-state index in [0.717, 1.165) is 25.7 Å². The molecule has 0 saturated heterocycles. The minimum absolute atomic E-state index is 0.200. The standard InChI is InChI=1S/C19H34O/c1-4-6-7-8-9-10-13-18(16-17(3)5-2)19(20)14-11-12-15-19/h17-18,20H,4-9,11-12,14-16H2,1-3H3. The fraction of sp³-hybridized carbons (Fsp3) is 0.895. The predicted octanol–water partition coefficient (Wildman–Crippen LogP) is 5.32. The fourth-order valence-electron chi connectivity index (χ4n) is 3.15. The van der Waals surface area contributed by atoms with Gasteiger partial charge in [0.25, 0.3) is 0 Å². The van der Waals surface area contributed by atoms with Gasteiger partial charge in [0.15, 0.2) is 0 Å². The van der Waals surface area contributed by atoms with Crippen molar-refractivity contribution in [3.63, 3.8) is 0 Å². The van der Waals surface area contributed by atoms with Gasteiger partial charge in [0, 0.05) is 12.3 Å². The van der Waals surface area contributed by atoms with Crippen LogP contribution in [0.1, 0.15) is 91.4 Å². The summed E-state index contributed by atoms with van der Waals surface area (Å²) in [4.78, 5) is 0. The summed E-state index contributed by atoms with van der Waals surface area (Å²) < 4.78 is 0. The van der Waals surface area contributed by atoms with E-state index >= 15 is 0 Å². The first kappa shape index (κ1) is 17.6. The molecule has 1 fully saturated rings. The van der Waals surface area contributed by atoms with Crippen molar-refractivity contribution in [3.8, 4) is 11.8 Å². The van der Waals surface area contributed by atoms with E-state index < -0.39 is 5.60 Å². The van der Waals surface area contributed by atoms with E-state index in [1.54, 1.807) is 0 Å². The van der Waals surface area contributed by atoms with Crippen molar-refractivity contribution in [3.05, 3.63) is 0 Å². The third-order valence-corrected chi connectivity index (χ3v) is 4.88. The van der Waals surface area contributed by atoms with E-state index in [-0.39, 0.29) is 5.92 Å². The first-order valence-corrected chi connectivity index (χ1v) is 8.83. The molecule has 20 heavy (non-hydrogen) atoms. The lowest BCUT2D eigenvalue weighted by atomic mass is 9.80. The summed E-state index contributed by atoms with van der Waals surface area (Å²) in [5, 5.41) is 10.8. The molecule has 2 unspecified atom stereocenters. The third kappa shape index (κ3) is 5.88. The lowest BCUT2D eigenvalue weighted by Crippen LogP contribution is -2.35. The molecular formula is C19H34O. The van der Waals surface area contributed by atoms with Crippen LogP contribution in [0.5, 0.6) is 0 Å². The second-order valence-corrected chi connectivity index (χ2v) is 6.74. The molecule has 0 aromatic carbocycles. The molecule has 1 nitrogen and oxygen atoms in total. The number of aliphatic hydroxyl groups is 1. The van der Waals surface area contributed by atoms with Crippen molar-refractivity contribution in [2.24, 2.45) is 11.8 Å². The Bertz CT molecular complexity index is 303. The first-order chi connectivity index (χ1) is 9.62. The van der Waals surface area contributed by atoms with Gasteiger partial charge in [0.1, 0.15) is 0 Å². The highest BCUT2D eigenvalue weighted by atomic mass is 16.3. The molecule has 0 spiro atoms. The molecule has 0 aliphatic heterocycles. The van der Waals surface area contributed by atoms with Crippen molar-refractivity contribution in [1.29, 1.82) is 0 Å². The molecule has 1 N–H and O–H groups in total. The number of hydrogen-bond acceptors (Lipinski definition) is 1. The maximum Gasteiger partial charge on any atom is 0.0784 e. The molecule has 1 heteroatoms. The zero-order chi connectivity index (χ0) is 14.8. The molecule has 0 bridgehead atoms. The van der Waals surface area contributed by atoms with Crippen LogP contribution in [-0.2, 0) is 0 Å². The van der Waals surface area contributed by atoms with Crippen molar-refractivity contribution in [1.82, 2.24) is 0 Å². The van der Waals surface area contributed by atoms with Crippen LogP contribution < -0.4 is 0 Å². The Morgan fingerprint density at radius 2 is 1.80 bits per heavy atom. The molecule has 0 aromatic rings. The zero-order valence-corrected chi connectivity index (χ0v) is 13.9. The summed E-state index contributed by atoms with van der Waals surface area (Å²) in [5.41, 5.74) is -0.486. The highest BCUT2D eigenvalue weighted by Gasteiger charge is 2.38. The quantitative estimate of drug-likeness (QED) is 0.471. The number of hydrogen-bond donors (Lipinski definition) is 1. The Labute approximate surface area is 126 Å². The van der Waals surface area contributed by atoms with E-state index in [9.17, 15) is 5.11 Å². The number of unbranched alkanes of at least 4 members (excludes halogenated alkanes) is 4. The monoisotopic (exact) mass is 278 g/mol. The van der Waals surface area contributed by atoms with Gasteiger partial charge in [-0.1, -0.05) is 65.2 Å². The summed E-state index contributed by atoms with van der Waals surface area (Å²) >= 11 is 0. The van der Waals surface area contributed by atoms with Gasteiger partial charge in [-0.2, -0.15) is 0 Å². The van der Waals surface area contributed by atoms with Crippen LogP contribution in [-0.4, -0.2) is 10.7 Å². The Balaban J connectivity index is 2.52. The molecule has 0 aromatic heterocycles. The summed E-state index contributed by atoms with van der Waals surface area (Å²) in [7, 11) is 0. The van der Waals surface area contributed by atoms with Gasteiger partial charge in [0.2, 0.25) is 0 Å². The van der Waals surface area contributed by atoms with Gasteiger partial charge in [-0.3, -0.25) is 0 Å². The molecule has 1 rings (SSSR count). The first-order valence-electron chi connectivity index (χ1n) is 8.83. The van der Waals surface area contributed by atoms with Gasteiger partial charge < -0.3 is 5.11 Å². The van der Waals surface area contributed by atoms with Gasteiger partial charge >= 0.3 is 0 Å². The van der Waals surface area contributed by atoms with Crippen molar-refractivity contribution >= 4 is 0 Å². The number of rotatable bonds is 8. The van der Waals surface area contributed by atoms with Gasteiger partial charge in [-0.15, -0.1) is 5.92 Å². The zero-order valence-electron chi connectivity index (χ0n) is 13.9. The second kappa shape index (κ2) is 9.46. The van der Waals surface area contributed by atoms with E-state index in [1.165, 1.54) is 44.9 Å². The summed E-state index contributed by atoms with van der Waals surface area (Å²) in [5.74, 6) is 7.68. The highest BCUT2D eigenvalue weighted by Crippen LogP contribution is 2.38. The average Bonchev–Trinajstić information content (AvgIpc) is 2.89. The molecule has 2 atom stereocenters. The van der Waals surface area contributed by atoms with Crippen LogP contribution in [0.3, 0.4) is 0 Å². The van der Waals surface area contributed by atoms with Crippen molar-refractivity contribution in [2.45, 2.75) is 97.0 Å². The maximum atomic E-state index is 10.8. The van der Waals surface area contributed by atoms with Gasteiger partial charge in [-0.05, 0) is 31.6 Å². The molecule has 116 valence electrons. The van der Waals surface area contributed by atoms with E-state index in [4.69, 9.17) is 0 Å². The van der Waals surface area contributed by atoms with E-state index in [1.807, 2.05) is 0 Å². The second-order valence-electron chi connectivity index (χ2n) is 6.74. The third-order valence-electron chi connectivity index (χ3n) is 4.88. The minimum atomic E-state index is -0.486. The van der Waals surface area contributed by atoms with Crippen LogP contribution >= 0.6 is 0 Å². The predicted molar refractivity (Wildman–Crippen MR) is 87.5 cm³/mol. The Hall–Kier alpha value is -0.480. The van der Waals surface area contributed by atoms with Gasteiger partial charge in [-0.25, -0.2) is 0 Å². The fourth-order valence-corrected chi connectivity index (χ4v) is 3.15. The average molecular weight is 278 g/mol. The maximum absolute atomic E-state index is 10.8. The lowest BCUT2D eigenvalue weighted by molar-refractivity contribution is 0.00187. The van der Waals surface area contributed by atoms with E-state index in [2.05, 4.69) is 32.6 Å². The van der Waals surface area contributed by atoms with Crippen LogP contribution in [0.15, 0.2) is 0 Å². The molecule has 1 aliphatic rings. The van der Waals surface area contributed by atoms with E-state index in [0.29, 0.717) is 5.92 Å².